The van der Waals surface area contributed by atoms with Gasteiger partial charge in [0.25, 0.3) is 11.5 Å². The number of aromatic nitrogens is 1. The van der Waals surface area contributed by atoms with Crippen LogP contribution in [0.3, 0.4) is 0 Å². The number of aromatic amines is 1. The summed E-state index contributed by atoms with van der Waals surface area (Å²) in [6, 6.07) is 9.13. The number of pyridine rings is 1. The lowest BCUT2D eigenvalue weighted by Gasteiger charge is -2.23. The van der Waals surface area contributed by atoms with Gasteiger partial charge in [-0.25, -0.2) is 0 Å². The first kappa shape index (κ1) is 18.2. The molecule has 2 aromatic rings. The molecule has 0 atom stereocenters. The standard InChI is InChI=1S/C18H21ClN2O3/c1-12-10-13(2)20-17(22)16(12)18(23)21(8-9-24-3)11-14-6-4-5-7-15(14)19/h4-7,10H,8-9,11H2,1-3H3,(H,20,22). The fraction of sp³-hybridized carbons (Fsp3) is 0.333. The Morgan fingerprint density at radius 1 is 1.29 bits per heavy atom. The van der Waals surface area contributed by atoms with E-state index in [4.69, 9.17) is 16.3 Å². The van der Waals surface area contributed by atoms with Crippen LogP contribution >= 0.6 is 11.6 Å². The van der Waals surface area contributed by atoms with E-state index in [1.54, 1.807) is 38.0 Å². The fourth-order valence-electron chi connectivity index (χ4n) is 2.56. The summed E-state index contributed by atoms with van der Waals surface area (Å²) in [6.45, 7) is 4.61. The van der Waals surface area contributed by atoms with E-state index < -0.39 is 0 Å². The second-order valence-electron chi connectivity index (χ2n) is 5.65. The molecule has 0 radical (unpaired) electrons. The van der Waals surface area contributed by atoms with Gasteiger partial charge in [-0.05, 0) is 37.1 Å². The van der Waals surface area contributed by atoms with Gasteiger partial charge in [0.15, 0.2) is 0 Å². The van der Waals surface area contributed by atoms with Crippen LogP contribution in [0.15, 0.2) is 35.1 Å². The number of H-pyrrole nitrogens is 1. The highest BCUT2D eigenvalue weighted by Crippen LogP contribution is 2.18. The van der Waals surface area contributed by atoms with Gasteiger partial charge >= 0.3 is 0 Å². The first-order chi connectivity index (χ1) is 11.4. The first-order valence-corrected chi connectivity index (χ1v) is 8.04. The van der Waals surface area contributed by atoms with Crippen LogP contribution < -0.4 is 5.56 Å². The molecular formula is C18H21ClN2O3. The molecule has 1 aromatic carbocycles. The van der Waals surface area contributed by atoms with Crippen LogP contribution in [-0.4, -0.2) is 36.1 Å². The van der Waals surface area contributed by atoms with Crippen molar-refractivity contribution < 1.29 is 9.53 Å². The van der Waals surface area contributed by atoms with Crippen molar-refractivity contribution in [3.63, 3.8) is 0 Å². The van der Waals surface area contributed by atoms with Crippen molar-refractivity contribution in [2.75, 3.05) is 20.3 Å². The van der Waals surface area contributed by atoms with Crippen molar-refractivity contribution in [3.8, 4) is 0 Å². The minimum atomic E-state index is -0.376. The number of benzene rings is 1. The van der Waals surface area contributed by atoms with E-state index >= 15 is 0 Å². The monoisotopic (exact) mass is 348 g/mol. The molecule has 0 saturated carbocycles. The number of carbonyl (C=O) groups excluding carboxylic acids is 1. The minimum Gasteiger partial charge on any atom is -0.383 e. The van der Waals surface area contributed by atoms with Crippen LogP contribution in [0.25, 0.3) is 0 Å². The molecule has 0 unspecified atom stereocenters. The number of halogens is 1. The summed E-state index contributed by atoms with van der Waals surface area (Å²) in [7, 11) is 1.57. The zero-order valence-corrected chi connectivity index (χ0v) is 14.8. The number of ether oxygens (including phenoxy) is 1. The second-order valence-corrected chi connectivity index (χ2v) is 6.06. The number of aryl methyl sites for hydroxylation is 2. The Kier molecular flexibility index (Phi) is 6.17. The van der Waals surface area contributed by atoms with Gasteiger partial charge in [0.1, 0.15) is 5.56 Å². The van der Waals surface area contributed by atoms with E-state index in [9.17, 15) is 9.59 Å². The maximum Gasteiger partial charge on any atom is 0.261 e. The van der Waals surface area contributed by atoms with Crippen molar-refractivity contribution in [2.45, 2.75) is 20.4 Å². The third kappa shape index (κ3) is 4.24. The van der Waals surface area contributed by atoms with E-state index in [0.717, 1.165) is 11.3 Å². The van der Waals surface area contributed by atoms with E-state index in [0.29, 0.717) is 30.3 Å². The summed E-state index contributed by atoms with van der Waals surface area (Å²) in [5.41, 5.74) is 1.99. The van der Waals surface area contributed by atoms with Crippen LogP contribution in [0, 0.1) is 13.8 Å². The molecule has 0 aliphatic rings. The number of hydrogen-bond donors (Lipinski definition) is 1. The molecule has 0 aliphatic heterocycles. The van der Waals surface area contributed by atoms with Gasteiger partial charge in [-0.2, -0.15) is 0 Å². The highest BCUT2D eigenvalue weighted by atomic mass is 35.5. The van der Waals surface area contributed by atoms with Crippen LogP contribution in [0.5, 0.6) is 0 Å². The SMILES string of the molecule is COCCN(Cc1ccccc1Cl)C(=O)c1c(C)cc(C)[nH]c1=O. The topological polar surface area (TPSA) is 62.4 Å². The Labute approximate surface area is 146 Å². The minimum absolute atomic E-state index is 0.156. The van der Waals surface area contributed by atoms with E-state index in [-0.39, 0.29) is 17.0 Å². The molecule has 128 valence electrons. The molecule has 0 aliphatic carbocycles. The van der Waals surface area contributed by atoms with E-state index in [1.807, 2.05) is 18.2 Å². The van der Waals surface area contributed by atoms with E-state index in [1.165, 1.54) is 0 Å². The Bertz CT molecular complexity index is 786. The van der Waals surface area contributed by atoms with Gasteiger partial charge in [0.2, 0.25) is 0 Å². The number of amides is 1. The first-order valence-electron chi connectivity index (χ1n) is 7.66. The van der Waals surface area contributed by atoms with Gasteiger partial charge in [-0.1, -0.05) is 29.8 Å². The lowest BCUT2D eigenvalue weighted by Crippen LogP contribution is -2.37. The molecule has 1 amide bonds. The molecule has 1 heterocycles. The summed E-state index contributed by atoms with van der Waals surface area (Å²) in [6.07, 6.45) is 0. The molecule has 2 rings (SSSR count). The van der Waals surface area contributed by atoms with Gasteiger partial charge in [-0.3, -0.25) is 9.59 Å². The summed E-state index contributed by atoms with van der Waals surface area (Å²) in [4.78, 5) is 29.4. The third-order valence-electron chi connectivity index (χ3n) is 3.75. The van der Waals surface area contributed by atoms with Crippen molar-refractivity contribution in [3.05, 3.63) is 68.1 Å². The number of nitrogens with one attached hydrogen (secondary N) is 1. The molecule has 0 bridgehead atoms. The number of methoxy groups -OCH3 is 1. The molecular weight excluding hydrogens is 328 g/mol. The zero-order valence-electron chi connectivity index (χ0n) is 14.1. The smallest absolute Gasteiger partial charge is 0.261 e. The van der Waals surface area contributed by atoms with Crippen LogP contribution in [0.4, 0.5) is 0 Å². The fourth-order valence-corrected chi connectivity index (χ4v) is 2.76. The molecule has 6 heteroatoms. The van der Waals surface area contributed by atoms with E-state index in [2.05, 4.69) is 4.98 Å². The number of hydrogen-bond acceptors (Lipinski definition) is 3. The van der Waals surface area contributed by atoms with Crippen molar-refractivity contribution in [1.82, 2.24) is 9.88 Å². The highest BCUT2D eigenvalue weighted by molar-refractivity contribution is 6.31. The quantitative estimate of drug-likeness (QED) is 0.873. The third-order valence-corrected chi connectivity index (χ3v) is 4.12. The van der Waals surface area contributed by atoms with Gasteiger partial charge in [0.05, 0.1) is 6.61 Å². The van der Waals surface area contributed by atoms with Crippen molar-refractivity contribution in [2.24, 2.45) is 0 Å². The maximum absolute atomic E-state index is 12.9. The van der Waals surface area contributed by atoms with Gasteiger partial charge < -0.3 is 14.6 Å². The van der Waals surface area contributed by atoms with Crippen LogP contribution in [-0.2, 0) is 11.3 Å². The second kappa shape index (κ2) is 8.13. The molecule has 24 heavy (non-hydrogen) atoms. The lowest BCUT2D eigenvalue weighted by atomic mass is 10.1. The van der Waals surface area contributed by atoms with Gasteiger partial charge in [0, 0.05) is 30.9 Å². The maximum atomic E-state index is 12.9. The van der Waals surface area contributed by atoms with Crippen LogP contribution in [0.2, 0.25) is 5.02 Å². The van der Waals surface area contributed by atoms with Crippen molar-refractivity contribution >= 4 is 17.5 Å². The summed E-state index contributed by atoms with van der Waals surface area (Å²) in [5.74, 6) is -0.328. The number of rotatable bonds is 6. The summed E-state index contributed by atoms with van der Waals surface area (Å²) in [5, 5.41) is 0.585. The molecule has 0 saturated heterocycles. The van der Waals surface area contributed by atoms with Crippen molar-refractivity contribution in [1.29, 1.82) is 0 Å². The molecule has 0 spiro atoms. The number of nitrogens with zero attached hydrogens (tertiary/aromatic N) is 1. The summed E-state index contributed by atoms with van der Waals surface area (Å²) < 4.78 is 5.09. The molecule has 5 nitrogen and oxygen atoms in total. The normalized spacial score (nSPS) is 10.7. The van der Waals surface area contributed by atoms with Gasteiger partial charge in [-0.15, -0.1) is 0 Å². The Morgan fingerprint density at radius 3 is 2.62 bits per heavy atom. The average molecular weight is 349 g/mol. The number of carbonyl (C=O) groups is 1. The largest absolute Gasteiger partial charge is 0.383 e. The Morgan fingerprint density at radius 2 is 2.00 bits per heavy atom. The Balaban J connectivity index is 2.36. The highest BCUT2D eigenvalue weighted by Gasteiger charge is 2.22. The molecule has 0 fully saturated rings. The average Bonchev–Trinajstić information content (AvgIpc) is 2.52. The zero-order chi connectivity index (χ0) is 17.7. The lowest BCUT2D eigenvalue weighted by molar-refractivity contribution is 0.0678. The molecule has 1 N–H and O–H groups in total. The molecule has 1 aromatic heterocycles. The predicted molar refractivity (Wildman–Crippen MR) is 94.6 cm³/mol. The predicted octanol–water partition coefficient (Wildman–Crippen LogP) is 2.93. The van der Waals surface area contributed by atoms with Crippen LogP contribution in [0.1, 0.15) is 27.2 Å². The summed E-state index contributed by atoms with van der Waals surface area (Å²) >= 11 is 6.20. The Hall–Kier alpha value is -2.11.